The highest BCUT2D eigenvalue weighted by molar-refractivity contribution is 5.78. The quantitative estimate of drug-likeness (QED) is 0.654. The molecule has 1 N–H and O–H groups in total. The molecule has 0 bridgehead atoms. The summed E-state index contributed by atoms with van der Waals surface area (Å²) in [6.45, 7) is 4.15. The summed E-state index contributed by atoms with van der Waals surface area (Å²) in [6, 6.07) is 0. The zero-order valence-electron chi connectivity index (χ0n) is 8.52. The number of nitrogens with one attached hydrogen (secondary N) is 1. The Bertz CT molecular complexity index is 201. The van der Waals surface area contributed by atoms with Crippen molar-refractivity contribution in [2.24, 2.45) is 0 Å². The van der Waals surface area contributed by atoms with E-state index in [4.69, 9.17) is 0 Å². The van der Waals surface area contributed by atoms with Gasteiger partial charge in [0.05, 0.1) is 13.1 Å². The van der Waals surface area contributed by atoms with Crippen LogP contribution in [0.2, 0.25) is 0 Å². The maximum Gasteiger partial charge on any atom is 0.257 e. The molecule has 0 saturated heterocycles. The van der Waals surface area contributed by atoms with Crippen molar-refractivity contribution in [1.82, 2.24) is 10.2 Å². The number of nitrogens with zero attached hydrogens (tertiary/aromatic N) is 1. The van der Waals surface area contributed by atoms with Gasteiger partial charge in [-0.05, 0) is 7.05 Å². The average Bonchev–Trinajstić information content (AvgIpc) is 1.96. The SMILES string of the molecule is C=CCNC(=O)CN(C)CC(C)(F)F. The molecule has 5 heteroatoms. The predicted molar refractivity (Wildman–Crippen MR) is 51.3 cm³/mol. The second-order valence-electron chi connectivity index (χ2n) is 3.34. The second kappa shape index (κ2) is 5.70. The molecule has 0 aromatic carbocycles. The van der Waals surface area contributed by atoms with Crippen molar-refractivity contribution in [3.8, 4) is 0 Å². The number of amides is 1. The highest BCUT2D eigenvalue weighted by Crippen LogP contribution is 2.11. The van der Waals surface area contributed by atoms with Gasteiger partial charge in [0.1, 0.15) is 0 Å². The normalized spacial score (nSPS) is 11.5. The first-order valence-corrected chi connectivity index (χ1v) is 4.29. The van der Waals surface area contributed by atoms with Crippen molar-refractivity contribution < 1.29 is 13.6 Å². The molecule has 3 nitrogen and oxygen atoms in total. The molecule has 0 aromatic heterocycles. The van der Waals surface area contributed by atoms with E-state index in [9.17, 15) is 13.6 Å². The molecule has 0 fully saturated rings. The van der Waals surface area contributed by atoms with Gasteiger partial charge in [-0.15, -0.1) is 6.58 Å². The van der Waals surface area contributed by atoms with Gasteiger partial charge in [-0.3, -0.25) is 9.69 Å². The molecule has 14 heavy (non-hydrogen) atoms. The fraction of sp³-hybridized carbons (Fsp3) is 0.667. The second-order valence-corrected chi connectivity index (χ2v) is 3.34. The largest absolute Gasteiger partial charge is 0.352 e. The van der Waals surface area contributed by atoms with Gasteiger partial charge in [0.25, 0.3) is 5.92 Å². The van der Waals surface area contributed by atoms with Crippen LogP contribution >= 0.6 is 0 Å². The Morgan fingerprint density at radius 1 is 1.64 bits per heavy atom. The highest BCUT2D eigenvalue weighted by atomic mass is 19.3. The molecule has 0 saturated carbocycles. The summed E-state index contributed by atoms with van der Waals surface area (Å²) in [4.78, 5) is 12.3. The van der Waals surface area contributed by atoms with Crippen LogP contribution in [0.4, 0.5) is 8.78 Å². The predicted octanol–water partition coefficient (Wildman–Crippen LogP) is 0.876. The summed E-state index contributed by atoms with van der Waals surface area (Å²) >= 11 is 0. The molecule has 82 valence electrons. The van der Waals surface area contributed by atoms with E-state index >= 15 is 0 Å². The van der Waals surface area contributed by atoms with Crippen LogP contribution in [-0.4, -0.2) is 43.4 Å². The molecule has 0 heterocycles. The standard InChI is InChI=1S/C9H16F2N2O/c1-4-5-12-8(14)6-13(3)7-9(2,10)11/h4H,1,5-7H2,2-3H3,(H,12,14). The lowest BCUT2D eigenvalue weighted by molar-refractivity contribution is -0.122. The average molecular weight is 206 g/mol. The lowest BCUT2D eigenvalue weighted by Crippen LogP contribution is -2.39. The first-order valence-electron chi connectivity index (χ1n) is 4.29. The minimum Gasteiger partial charge on any atom is -0.352 e. The van der Waals surface area contributed by atoms with Crippen molar-refractivity contribution in [2.45, 2.75) is 12.8 Å². The smallest absolute Gasteiger partial charge is 0.257 e. The molecule has 0 atom stereocenters. The lowest BCUT2D eigenvalue weighted by atomic mass is 10.3. The van der Waals surface area contributed by atoms with E-state index in [-0.39, 0.29) is 12.5 Å². The molecule has 0 unspecified atom stereocenters. The molecule has 1 amide bonds. The molecular formula is C9H16F2N2O. The number of hydrogen-bond donors (Lipinski definition) is 1. The summed E-state index contributed by atoms with van der Waals surface area (Å²) in [5, 5.41) is 2.51. The molecule has 0 aliphatic heterocycles. The third-order valence-electron chi connectivity index (χ3n) is 1.40. The monoisotopic (exact) mass is 206 g/mol. The summed E-state index contributed by atoms with van der Waals surface area (Å²) in [6.07, 6.45) is 1.53. The van der Waals surface area contributed by atoms with Crippen molar-refractivity contribution >= 4 is 5.91 Å². The number of halogens is 2. The fourth-order valence-corrected chi connectivity index (χ4v) is 1.02. The van der Waals surface area contributed by atoms with Crippen LogP contribution in [0, 0.1) is 0 Å². The number of carbonyl (C=O) groups is 1. The number of hydrogen-bond acceptors (Lipinski definition) is 2. The van der Waals surface area contributed by atoms with Crippen molar-refractivity contribution in [3.05, 3.63) is 12.7 Å². The first kappa shape index (κ1) is 13.0. The Labute approximate surface area is 82.8 Å². The fourth-order valence-electron chi connectivity index (χ4n) is 1.02. The molecule has 0 rings (SSSR count). The third kappa shape index (κ3) is 7.67. The summed E-state index contributed by atoms with van der Waals surface area (Å²) in [5.41, 5.74) is 0. The Morgan fingerprint density at radius 3 is 2.64 bits per heavy atom. The van der Waals surface area contributed by atoms with Crippen LogP contribution in [0.1, 0.15) is 6.92 Å². The number of likely N-dealkylation sites (N-methyl/N-ethyl adjacent to an activating group) is 1. The Hall–Kier alpha value is -0.970. The van der Waals surface area contributed by atoms with E-state index in [2.05, 4.69) is 11.9 Å². The molecule has 0 aliphatic carbocycles. The van der Waals surface area contributed by atoms with Gasteiger partial charge in [0.2, 0.25) is 5.91 Å². The van der Waals surface area contributed by atoms with Crippen LogP contribution in [0.15, 0.2) is 12.7 Å². The molecule has 0 aromatic rings. The van der Waals surface area contributed by atoms with Gasteiger partial charge >= 0.3 is 0 Å². The zero-order valence-corrected chi connectivity index (χ0v) is 8.52. The Kier molecular flexibility index (Phi) is 5.30. The summed E-state index contributed by atoms with van der Waals surface area (Å²) < 4.78 is 25.0. The number of rotatable bonds is 6. The number of carbonyl (C=O) groups excluding carboxylic acids is 1. The van der Waals surface area contributed by atoms with Crippen LogP contribution in [0.25, 0.3) is 0 Å². The first-order chi connectivity index (χ1) is 6.35. The maximum absolute atomic E-state index is 12.5. The van der Waals surface area contributed by atoms with Crippen LogP contribution < -0.4 is 5.32 Å². The van der Waals surface area contributed by atoms with Crippen molar-refractivity contribution in [1.29, 1.82) is 0 Å². The van der Waals surface area contributed by atoms with Gasteiger partial charge in [-0.25, -0.2) is 8.78 Å². The zero-order chi connectivity index (χ0) is 11.2. The molecule has 0 radical (unpaired) electrons. The van der Waals surface area contributed by atoms with Crippen molar-refractivity contribution in [3.63, 3.8) is 0 Å². The molecule has 0 aliphatic rings. The van der Waals surface area contributed by atoms with Gasteiger partial charge in [0, 0.05) is 13.5 Å². The number of alkyl halides is 2. The minimum absolute atomic E-state index is 0.0305. The maximum atomic E-state index is 12.5. The van der Waals surface area contributed by atoms with Gasteiger partial charge < -0.3 is 5.32 Å². The van der Waals surface area contributed by atoms with E-state index in [1.54, 1.807) is 0 Å². The van der Waals surface area contributed by atoms with Gasteiger partial charge in [-0.1, -0.05) is 6.08 Å². The van der Waals surface area contributed by atoms with E-state index in [1.165, 1.54) is 18.0 Å². The molecular weight excluding hydrogens is 190 g/mol. The van der Waals surface area contributed by atoms with Gasteiger partial charge in [0.15, 0.2) is 0 Å². The summed E-state index contributed by atoms with van der Waals surface area (Å²) in [5.74, 6) is -3.05. The lowest BCUT2D eigenvalue weighted by Gasteiger charge is -2.19. The van der Waals surface area contributed by atoms with Crippen LogP contribution in [0.5, 0.6) is 0 Å². The highest BCUT2D eigenvalue weighted by Gasteiger charge is 2.23. The van der Waals surface area contributed by atoms with E-state index in [1.807, 2.05) is 0 Å². The minimum atomic E-state index is -2.77. The third-order valence-corrected chi connectivity index (χ3v) is 1.40. The Morgan fingerprint density at radius 2 is 2.21 bits per heavy atom. The van der Waals surface area contributed by atoms with Gasteiger partial charge in [-0.2, -0.15) is 0 Å². The van der Waals surface area contributed by atoms with E-state index < -0.39 is 12.5 Å². The van der Waals surface area contributed by atoms with E-state index in [0.717, 1.165) is 6.92 Å². The van der Waals surface area contributed by atoms with E-state index in [0.29, 0.717) is 6.54 Å². The van der Waals surface area contributed by atoms with Crippen LogP contribution in [0.3, 0.4) is 0 Å². The van der Waals surface area contributed by atoms with Crippen LogP contribution in [-0.2, 0) is 4.79 Å². The molecule has 0 spiro atoms. The Balaban J connectivity index is 3.76. The topological polar surface area (TPSA) is 32.3 Å². The summed E-state index contributed by atoms with van der Waals surface area (Å²) in [7, 11) is 1.48. The van der Waals surface area contributed by atoms with Crippen molar-refractivity contribution in [2.75, 3.05) is 26.7 Å².